The lowest BCUT2D eigenvalue weighted by Gasteiger charge is -2.39. The van der Waals surface area contributed by atoms with E-state index >= 15 is 0 Å². The zero-order valence-electron chi connectivity index (χ0n) is 9.74. The van der Waals surface area contributed by atoms with Crippen LogP contribution in [0.3, 0.4) is 0 Å². The van der Waals surface area contributed by atoms with Gasteiger partial charge in [-0.15, -0.1) is 0 Å². The maximum atomic E-state index is 4.42. The van der Waals surface area contributed by atoms with Crippen LogP contribution in [-0.2, 0) is 0 Å². The molecule has 0 aromatic heterocycles. The third-order valence-corrected chi connectivity index (χ3v) is 2.90. The van der Waals surface area contributed by atoms with Gasteiger partial charge in [0.05, 0.1) is 11.9 Å². The number of rotatable bonds is 2. The van der Waals surface area contributed by atoms with Gasteiger partial charge in [-0.2, -0.15) is 10.2 Å². The first-order valence-electron chi connectivity index (χ1n) is 5.77. The Balaban J connectivity index is 2.03. The third kappa shape index (κ3) is 1.67. The van der Waals surface area contributed by atoms with Crippen molar-refractivity contribution in [1.29, 1.82) is 0 Å². The van der Waals surface area contributed by atoms with Crippen LogP contribution in [0.25, 0.3) is 0 Å². The summed E-state index contributed by atoms with van der Waals surface area (Å²) < 4.78 is 0. The van der Waals surface area contributed by atoms with Crippen molar-refractivity contribution in [3.8, 4) is 0 Å². The molecule has 0 bridgehead atoms. The van der Waals surface area contributed by atoms with Crippen LogP contribution in [0, 0.1) is 0 Å². The van der Waals surface area contributed by atoms with Crippen molar-refractivity contribution in [3.63, 3.8) is 0 Å². The fraction of sp³-hybridized carbons (Fsp3) is 0.167. The summed E-state index contributed by atoms with van der Waals surface area (Å²) in [4.78, 5) is 0. The Bertz CT molecular complexity index is 473. The van der Waals surface area contributed by atoms with Crippen LogP contribution in [0.2, 0.25) is 0 Å². The van der Waals surface area contributed by atoms with E-state index in [-0.39, 0.29) is 0 Å². The van der Waals surface area contributed by atoms with Gasteiger partial charge in [0.25, 0.3) is 0 Å². The molecule has 18 heavy (non-hydrogen) atoms. The van der Waals surface area contributed by atoms with E-state index in [0.717, 1.165) is 12.1 Å². The van der Waals surface area contributed by atoms with E-state index in [2.05, 4.69) is 32.6 Å². The first-order chi connectivity index (χ1) is 8.92. The molecule has 0 aliphatic carbocycles. The Morgan fingerprint density at radius 1 is 1.33 bits per heavy atom. The Morgan fingerprint density at radius 3 is 3.00 bits per heavy atom. The lowest BCUT2D eigenvalue weighted by molar-refractivity contribution is 0.298. The van der Waals surface area contributed by atoms with Crippen LogP contribution in [-0.4, -0.2) is 23.0 Å². The van der Waals surface area contributed by atoms with Crippen LogP contribution in [0.5, 0.6) is 0 Å². The molecule has 1 unspecified atom stereocenters. The molecule has 0 fully saturated rings. The van der Waals surface area contributed by atoms with Crippen LogP contribution in [0.1, 0.15) is 6.42 Å². The van der Waals surface area contributed by atoms with E-state index in [1.54, 1.807) is 6.20 Å². The summed E-state index contributed by atoms with van der Waals surface area (Å²) in [5, 5.41) is 10.4. The molecule has 92 valence electrons. The Kier molecular flexibility index (Phi) is 2.60. The average Bonchev–Trinajstić information content (AvgIpc) is 2.50. The van der Waals surface area contributed by atoms with Gasteiger partial charge in [0.1, 0.15) is 0 Å². The predicted molar refractivity (Wildman–Crippen MR) is 71.1 cm³/mol. The Labute approximate surface area is 105 Å². The van der Waals surface area contributed by atoms with Gasteiger partial charge in [-0.3, -0.25) is 10.4 Å². The zero-order chi connectivity index (χ0) is 12.3. The molecule has 0 saturated heterocycles. The zero-order valence-corrected chi connectivity index (χ0v) is 9.74. The van der Waals surface area contributed by atoms with Gasteiger partial charge in [-0.25, -0.2) is 0 Å². The number of nitrogens with one attached hydrogen (secondary N) is 3. The highest BCUT2D eigenvalue weighted by molar-refractivity contribution is 5.80. The second-order valence-electron chi connectivity index (χ2n) is 4.02. The SMILES string of the molecule is C1=CNNC(C2(N3C=CCC=N3)C=CNN=C2)=C1. The smallest absolute Gasteiger partial charge is 0.160 e. The molecule has 3 aliphatic heterocycles. The maximum Gasteiger partial charge on any atom is 0.160 e. The summed E-state index contributed by atoms with van der Waals surface area (Å²) in [5.74, 6) is 0. The van der Waals surface area contributed by atoms with Crippen LogP contribution < -0.4 is 16.3 Å². The van der Waals surface area contributed by atoms with E-state index in [1.165, 1.54) is 0 Å². The number of nitrogens with zero attached hydrogens (tertiary/aromatic N) is 3. The van der Waals surface area contributed by atoms with Gasteiger partial charge in [0, 0.05) is 31.2 Å². The standard InChI is InChI=1S/C12H14N6/c1-2-9-18(16-7-1)12(5-8-13-15-10-12)11-4-3-6-14-17-11/h2-10,13-14,17H,1H2. The number of hydrogen-bond acceptors (Lipinski definition) is 6. The topological polar surface area (TPSA) is 64.0 Å². The summed E-state index contributed by atoms with van der Waals surface area (Å²) >= 11 is 0. The Hall–Kier alpha value is -2.50. The predicted octanol–water partition coefficient (Wildman–Crippen LogP) is 0.538. The molecule has 0 saturated carbocycles. The van der Waals surface area contributed by atoms with Crippen LogP contribution >= 0.6 is 0 Å². The summed E-state index contributed by atoms with van der Waals surface area (Å²) in [7, 11) is 0. The van der Waals surface area contributed by atoms with E-state index in [4.69, 9.17) is 0 Å². The van der Waals surface area contributed by atoms with Crippen molar-refractivity contribution in [1.82, 2.24) is 21.3 Å². The van der Waals surface area contributed by atoms with Crippen LogP contribution in [0.15, 0.2) is 58.8 Å². The Morgan fingerprint density at radius 2 is 2.33 bits per heavy atom. The number of allylic oxidation sites excluding steroid dienone is 3. The van der Waals surface area contributed by atoms with Crippen molar-refractivity contribution in [2.45, 2.75) is 12.0 Å². The molecule has 1 atom stereocenters. The number of hydrogen-bond donors (Lipinski definition) is 3. The first kappa shape index (κ1) is 10.6. The molecular weight excluding hydrogens is 228 g/mol. The molecular formula is C12H14N6. The highest BCUT2D eigenvalue weighted by Gasteiger charge is 2.38. The van der Waals surface area contributed by atoms with Gasteiger partial charge in [0.15, 0.2) is 5.54 Å². The lowest BCUT2D eigenvalue weighted by Crippen LogP contribution is -2.53. The van der Waals surface area contributed by atoms with E-state index < -0.39 is 5.54 Å². The van der Waals surface area contributed by atoms with Gasteiger partial charge < -0.3 is 10.9 Å². The second-order valence-corrected chi connectivity index (χ2v) is 4.02. The minimum absolute atomic E-state index is 0.531. The highest BCUT2D eigenvalue weighted by atomic mass is 15.5. The number of hydrazone groups is 2. The van der Waals surface area contributed by atoms with Gasteiger partial charge in [0.2, 0.25) is 0 Å². The van der Waals surface area contributed by atoms with Crippen molar-refractivity contribution >= 4 is 12.4 Å². The van der Waals surface area contributed by atoms with Crippen molar-refractivity contribution in [2.75, 3.05) is 0 Å². The number of hydrazine groups is 1. The second kappa shape index (κ2) is 4.40. The lowest BCUT2D eigenvalue weighted by atomic mass is 9.94. The normalized spacial score (nSPS) is 28.4. The summed E-state index contributed by atoms with van der Waals surface area (Å²) in [6.45, 7) is 0. The van der Waals surface area contributed by atoms with Crippen molar-refractivity contribution in [3.05, 3.63) is 48.6 Å². The molecule has 3 N–H and O–H groups in total. The fourth-order valence-corrected chi connectivity index (χ4v) is 2.01. The molecule has 6 nitrogen and oxygen atoms in total. The molecule has 3 heterocycles. The average molecular weight is 242 g/mol. The van der Waals surface area contributed by atoms with Gasteiger partial charge >= 0.3 is 0 Å². The van der Waals surface area contributed by atoms with E-state index in [0.29, 0.717) is 0 Å². The largest absolute Gasteiger partial charge is 0.308 e. The molecule has 0 aromatic carbocycles. The molecule has 0 spiro atoms. The fourth-order valence-electron chi connectivity index (χ4n) is 2.01. The third-order valence-electron chi connectivity index (χ3n) is 2.90. The monoisotopic (exact) mass is 242 g/mol. The van der Waals surface area contributed by atoms with Gasteiger partial charge in [-0.1, -0.05) is 6.08 Å². The van der Waals surface area contributed by atoms with E-state index in [1.807, 2.05) is 48.1 Å². The molecule has 6 heteroatoms. The molecule has 0 amide bonds. The quantitative estimate of drug-likeness (QED) is 0.661. The summed E-state index contributed by atoms with van der Waals surface area (Å²) in [5.41, 5.74) is 9.34. The highest BCUT2D eigenvalue weighted by Crippen LogP contribution is 2.27. The summed E-state index contributed by atoms with van der Waals surface area (Å²) in [6, 6.07) is 0. The molecule has 3 aliphatic rings. The van der Waals surface area contributed by atoms with Crippen LogP contribution in [0.4, 0.5) is 0 Å². The van der Waals surface area contributed by atoms with Gasteiger partial charge in [-0.05, 0) is 18.2 Å². The minimum Gasteiger partial charge on any atom is -0.308 e. The first-order valence-corrected chi connectivity index (χ1v) is 5.77. The van der Waals surface area contributed by atoms with E-state index in [9.17, 15) is 0 Å². The maximum absolute atomic E-state index is 4.42. The van der Waals surface area contributed by atoms with Crippen molar-refractivity contribution in [2.24, 2.45) is 10.2 Å². The minimum atomic E-state index is -0.531. The summed E-state index contributed by atoms with van der Waals surface area (Å²) in [6.07, 6.45) is 18.1. The molecule has 0 aromatic rings. The molecule has 3 rings (SSSR count). The van der Waals surface area contributed by atoms with Crippen molar-refractivity contribution < 1.29 is 0 Å². The molecule has 0 radical (unpaired) electrons.